The van der Waals surface area contributed by atoms with Gasteiger partial charge in [0.15, 0.2) is 0 Å². The van der Waals surface area contributed by atoms with Gasteiger partial charge in [-0.25, -0.2) is 0 Å². The third-order valence-corrected chi connectivity index (χ3v) is 8.47. The van der Waals surface area contributed by atoms with Gasteiger partial charge in [-0.2, -0.15) is 0 Å². The number of rotatable bonds is 12. The van der Waals surface area contributed by atoms with Gasteiger partial charge in [-0.05, 0) is 64.1 Å². The van der Waals surface area contributed by atoms with E-state index in [1.165, 1.54) is 0 Å². The van der Waals surface area contributed by atoms with Crippen LogP contribution in [0, 0.1) is 0 Å². The van der Waals surface area contributed by atoms with Gasteiger partial charge < -0.3 is 10.6 Å². The van der Waals surface area contributed by atoms with Gasteiger partial charge in [-0.1, -0.05) is 146 Å². The van der Waals surface area contributed by atoms with Crippen molar-refractivity contribution in [2.75, 3.05) is 10.6 Å². The van der Waals surface area contributed by atoms with Crippen LogP contribution in [0.1, 0.15) is 58.1 Å². The number of carbonyl (C=O) groups excluding carboxylic acids is 2. The highest BCUT2D eigenvalue weighted by Gasteiger charge is 2.19. The van der Waals surface area contributed by atoms with E-state index in [0.717, 1.165) is 51.2 Å². The first kappa shape index (κ1) is 31.3. The van der Waals surface area contributed by atoms with Crippen LogP contribution in [0.25, 0.3) is 0 Å². The highest BCUT2D eigenvalue weighted by molar-refractivity contribution is 5.92. The van der Waals surface area contributed by atoms with Crippen LogP contribution in [0.15, 0.2) is 170 Å². The highest BCUT2D eigenvalue weighted by Crippen LogP contribution is 2.30. The van der Waals surface area contributed by atoms with Gasteiger partial charge in [0.1, 0.15) is 0 Å². The number of amides is 2. The maximum Gasteiger partial charge on any atom is 0.225 e. The number of hydrogen-bond acceptors (Lipinski definition) is 2. The minimum atomic E-state index is -0.0213. The zero-order valence-electron chi connectivity index (χ0n) is 26.3. The molecular weight excluding hydrogens is 576 g/mol. The van der Waals surface area contributed by atoms with Crippen molar-refractivity contribution in [2.24, 2.45) is 0 Å². The van der Waals surface area contributed by atoms with E-state index >= 15 is 0 Å². The Morgan fingerprint density at radius 1 is 0.383 bits per heavy atom. The third kappa shape index (κ3) is 8.71. The Kier molecular flexibility index (Phi) is 10.3. The lowest BCUT2D eigenvalue weighted by Crippen LogP contribution is -2.16. The molecule has 0 aliphatic rings. The topological polar surface area (TPSA) is 58.2 Å². The molecule has 0 fully saturated rings. The van der Waals surface area contributed by atoms with Crippen molar-refractivity contribution in [3.05, 3.63) is 203 Å². The molecule has 6 aromatic carbocycles. The summed E-state index contributed by atoms with van der Waals surface area (Å²) in [5, 5.41) is 6.17. The summed E-state index contributed by atoms with van der Waals surface area (Å²) in [6.07, 6.45) is 1.46. The van der Waals surface area contributed by atoms with Crippen LogP contribution in [0.3, 0.4) is 0 Å². The summed E-state index contributed by atoms with van der Waals surface area (Å²) in [7, 11) is 0. The van der Waals surface area contributed by atoms with Crippen molar-refractivity contribution in [1.29, 1.82) is 0 Å². The van der Waals surface area contributed by atoms with E-state index in [2.05, 4.69) is 59.2 Å². The molecule has 232 valence electrons. The first-order chi connectivity index (χ1) is 23.1. The molecule has 0 aliphatic carbocycles. The van der Waals surface area contributed by atoms with Crippen molar-refractivity contribution in [3.63, 3.8) is 0 Å². The lowest BCUT2D eigenvalue weighted by molar-refractivity contribution is -0.117. The molecule has 6 aromatic rings. The molecule has 4 nitrogen and oxygen atoms in total. The van der Waals surface area contributed by atoms with E-state index in [1.54, 1.807) is 0 Å². The monoisotopic (exact) mass is 614 g/mol. The first-order valence-electron chi connectivity index (χ1n) is 16.1. The summed E-state index contributed by atoms with van der Waals surface area (Å²) in [5.74, 6) is -0.0731. The second-order valence-corrected chi connectivity index (χ2v) is 11.8. The normalized spacial score (nSPS) is 10.9. The molecule has 2 amide bonds. The predicted molar refractivity (Wildman–Crippen MR) is 192 cm³/mol. The summed E-state index contributed by atoms with van der Waals surface area (Å²) in [6, 6.07) is 56.7. The van der Waals surface area contributed by atoms with Gasteiger partial charge in [0.25, 0.3) is 0 Å². The van der Waals surface area contributed by atoms with Crippen molar-refractivity contribution >= 4 is 23.2 Å². The summed E-state index contributed by atoms with van der Waals surface area (Å²) < 4.78 is 0. The van der Waals surface area contributed by atoms with Crippen molar-refractivity contribution in [3.8, 4) is 0 Å². The molecule has 0 saturated carbocycles. The quantitative estimate of drug-likeness (QED) is 0.144. The summed E-state index contributed by atoms with van der Waals surface area (Å²) >= 11 is 0. The average Bonchev–Trinajstić information content (AvgIpc) is 3.13. The molecule has 0 radical (unpaired) electrons. The number of nitrogens with one attached hydrogen (secondary N) is 2. The third-order valence-electron chi connectivity index (χ3n) is 8.47. The lowest BCUT2D eigenvalue weighted by Gasteiger charge is -2.18. The van der Waals surface area contributed by atoms with Crippen LogP contribution in [0.4, 0.5) is 11.4 Å². The van der Waals surface area contributed by atoms with Gasteiger partial charge in [-0.15, -0.1) is 0 Å². The minimum Gasteiger partial charge on any atom is -0.326 e. The molecule has 47 heavy (non-hydrogen) atoms. The van der Waals surface area contributed by atoms with Crippen LogP contribution < -0.4 is 10.6 Å². The van der Waals surface area contributed by atoms with E-state index in [0.29, 0.717) is 12.8 Å². The molecule has 2 N–H and O–H groups in total. The van der Waals surface area contributed by atoms with E-state index in [4.69, 9.17) is 0 Å². The molecule has 4 heteroatoms. The Hall–Kier alpha value is -5.74. The maximum absolute atomic E-state index is 13.1. The molecule has 6 rings (SSSR count). The van der Waals surface area contributed by atoms with Crippen LogP contribution >= 0.6 is 0 Å². The Labute approximate surface area is 277 Å². The fourth-order valence-corrected chi connectivity index (χ4v) is 6.04. The second-order valence-electron chi connectivity index (χ2n) is 11.8. The predicted octanol–water partition coefficient (Wildman–Crippen LogP) is 9.60. The van der Waals surface area contributed by atoms with E-state index in [-0.39, 0.29) is 23.7 Å². The van der Waals surface area contributed by atoms with Gasteiger partial charge >= 0.3 is 0 Å². The largest absolute Gasteiger partial charge is 0.326 e. The number of anilines is 2. The fraction of sp³-hybridized carbons (Fsp3) is 0.116. The molecule has 0 unspecified atom stereocenters. The number of hydrogen-bond donors (Lipinski definition) is 2. The summed E-state index contributed by atoms with van der Waals surface area (Å²) in [6.45, 7) is 0. The molecule has 0 spiro atoms. The maximum atomic E-state index is 13.1. The number of benzene rings is 6. The lowest BCUT2D eigenvalue weighted by atomic mass is 9.88. The van der Waals surface area contributed by atoms with Crippen LogP contribution in [-0.4, -0.2) is 11.8 Å². The van der Waals surface area contributed by atoms with Crippen molar-refractivity contribution in [1.82, 2.24) is 0 Å². The Bertz CT molecular complexity index is 1640. The SMILES string of the molecule is O=C(CC(c1ccccc1)c1ccccc1)Nc1ccc(Cc2ccc(NC(=O)CC(c3ccccc3)c3ccccc3)cc2)cc1. The smallest absolute Gasteiger partial charge is 0.225 e. The summed E-state index contributed by atoms with van der Waals surface area (Å²) in [4.78, 5) is 26.2. The molecule has 0 aromatic heterocycles. The van der Waals surface area contributed by atoms with Gasteiger partial charge in [0.05, 0.1) is 0 Å². The second kappa shape index (κ2) is 15.5. The van der Waals surface area contributed by atoms with E-state index < -0.39 is 0 Å². The van der Waals surface area contributed by atoms with Crippen LogP contribution in [-0.2, 0) is 16.0 Å². The molecule has 0 atom stereocenters. The Balaban J connectivity index is 1.03. The molecule has 0 saturated heterocycles. The molecular formula is C43H38N2O2. The fourth-order valence-electron chi connectivity index (χ4n) is 6.04. The zero-order valence-corrected chi connectivity index (χ0v) is 26.3. The van der Waals surface area contributed by atoms with Crippen molar-refractivity contribution < 1.29 is 9.59 Å². The van der Waals surface area contributed by atoms with Gasteiger partial charge in [0, 0.05) is 36.1 Å². The van der Waals surface area contributed by atoms with Crippen molar-refractivity contribution in [2.45, 2.75) is 31.1 Å². The Morgan fingerprint density at radius 3 is 0.936 bits per heavy atom. The molecule has 0 aliphatic heterocycles. The zero-order chi connectivity index (χ0) is 32.3. The van der Waals surface area contributed by atoms with Crippen LogP contribution in [0.5, 0.6) is 0 Å². The van der Waals surface area contributed by atoms with E-state index in [9.17, 15) is 9.59 Å². The van der Waals surface area contributed by atoms with Gasteiger partial charge in [-0.3, -0.25) is 9.59 Å². The first-order valence-corrected chi connectivity index (χ1v) is 16.1. The minimum absolute atomic E-state index is 0.0152. The van der Waals surface area contributed by atoms with Crippen LogP contribution in [0.2, 0.25) is 0 Å². The highest BCUT2D eigenvalue weighted by atomic mass is 16.2. The Morgan fingerprint density at radius 2 is 0.660 bits per heavy atom. The number of carbonyl (C=O) groups is 2. The summed E-state index contributed by atoms with van der Waals surface area (Å²) in [5.41, 5.74) is 8.33. The molecule has 0 bridgehead atoms. The standard InChI is InChI=1S/C43H38N2O2/c46-42(30-40(34-13-5-1-6-14-34)35-15-7-2-8-16-35)44-38-25-21-32(22-26-38)29-33-23-27-39(28-24-33)45-43(47)31-41(36-17-9-3-10-18-36)37-19-11-4-12-20-37/h1-28,40-41H,29-31H2,(H,44,46)(H,45,47). The molecule has 0 heterocycles. The average molecular weight is 615 g/mol. The van der Waals surface area contributed by atoms with E-state index in [1.807, 2.05) is 121 Å². The van der Waals surface area contributed by atoms with Gasteiger partial charge in [0.2, 0.25) is 11.8 Å².